The number of hydrogen-bond acceptors (Lipinski definition) is 8. The van der Waals surface area contributed by atoms with E-state index in [4.69, 9.17) is 9.84 Å². The highest BCUT2D eigenvalue weighted by Crippen LogP contribution is 2.19. The summed E-state index contributed by atoms with van der Waals surface area (Å²) in [6, 6.07) is 3.80. The molecule has 3 rings (SSSR count). The topological polar surface area (TPSA) is 113 Å². The first-order chi connectivity index (χ1) is 11.7. The third kappa shape index (κ3) is 3.51. The molecule has 9 nitrogen and oxygen atoms in total. The number of rotatable bonds is 5. The molecule has 0 aromatic carbocycles. The van der Waals surface area contributed by atoms with E-state index in [1.807, 2.05) is 12.1 Å². The number of aromatic nitrogens is 3. The van der Waals surface area contributed by atoms with Gasteiger partial charge in [-0.1, -0.05) is 0 Å². The fourth-order valence-corrected chi connectivity index (χ4v) is 2.36. The first kappa shape index (κ1) is 15.9. The van der Waals surface area contributed by atoms with Crippen LogP contribution in [0.4, 0.5) is 23.3 Å². The van der Waals surface area contributed by atoms with Crippen LogP contribution in [0.3, 0.4) is 0 Å². The predicted molar refractivity (Wildman–Crippen MR) is 89.1 cm³/mol. The van der Waals surface area contributed by atoms with Crippen LogP contribution in [0.1, 0.15) is 10.4 Å². The number of carbonyl (C=O) groups is 1. The smallest absolute Gasteiger partial charge is 0.341 e. The molecule has 0 saturated carbocycles. The molecule has 3 N–H and O–H groups in total. The van der Waals surface area contributed by atoms with Crippen LogP contribution in [0.25, 0.3) is 0 Å². The first-order valence-corrected chi connectivity index (χ1v) is 7.51. The molecule has 3 heterocycles. The monoisotopic (exact) mass is 330 g/mol. The van der Waals surface area contributed by atoms with E-state index in [9.17, 15) is 4.79 Å². The van der Waals surface area contributed by atoms with Crippen LogP contribution in [0, 0.1) is 0 Å². The van der Waals surface area contributed by atoms with Crippen LogP contribution in [-0.4, -0.2) is 59.4 Å². The van der Waals surface area contributed by atoms with Crippen molar-refractivity contribution in [1.82, 2.24) is 15.0 Å². The fourth-order valence-electron chi connectivity index (χ4n) is 2.36. The van der Waals surface area contributed by atoms with Crippen molar-refractivity contribution >= 4 is 29.2 Å². The quantitative estimate of drug-likeness (QED) is 0.744. The maximum absolute atomic E-state index is 11.1. The molecular formula is C15H18N6O3. The normalized spacial score (nSPS) is 14.3. The lowest BCUT2D eigenvalue weighted by molar-refractivity contribution is 0.0697. The lowest BCUT2D eigenvalue weighted by atomic mass is 10.3. The van der Waals surface area contributed by atoms with Crippen molar-refractivity contribution in [2.24, 2.45) is 0 Å². The number of ether oxygens (including phenoxy) is 1. The number of pyridine rings is 1. The van der Waals surface area contributed by atoms with E-state index < -0.39 is 5.97 Å². The summed E-state index contributed by atoms with van der Waals surface area (Å²) in [6.45, 7) is 3.06. The van der Waals surface area contributed by atoms with Gasteiger partial charge in [0, 0.05) is 26.3 Å². The Kier molecular flexibility index (Phi) is 4.71. The van der Waals surface area contributed by atoms with Crippen molar-refractivity contribution in [2.45, 2.75) is 0 Å². The molecule has 1 saturated heterocycles. The van der Waals surface area contributed by atoms with E-state index in [1.165, 1.54) is 6.20 Å². The fraction of sp³-hybridized carbons (Fsp3) is 0.333. The predicted octanol–water partition coefficient (Wildman–Crippen LogP) is 1.19. The van der Waals surface area contributed by atoms with E-state index in [1.54, 1.807) is 13.2 Å². The number of anilines is 4. The molecule has 0 unspecified atom stereocenters. The maximum atomic E-state index is 11.1. The number of hydrogen-bond donors (Lipinski definition) is 3. The zero-order valence-electron chi connectivity index (χ0n) is 13.2. The van der Waals surface area contributed by atoms with Gasteiger partial charge >= 0.3 is 5.97 Å². The van der Waals surface area contributed by atoms with Gasteiger partial charge in [-0.3, -0.25) is 0 Å². The van der Waals surface area contributed by atoms with Gasteiger partial charge in [0.15, 0.2) is 0 Å². The Morgan fingerprint density at radius 1 is 1.25 bits per heavy atom. The summed E-state index contributed by atoms with van der Waals surface area (Å²) in [4.78, 5) is 25.8. The molecule has 2 aromatic rings. The van der Waals surface area contributed by atoms with Crippen LogP contribution in [0.5, 0.6) is 0 Å². The molecule has 0 aliphatic carbocycles. The minimum absolute atomic E-state index is 0.0174. The summed E-state index contributed by atoms with van der Waals surface area (Å²) in [6.07, 6.45) is 2.96. The van der Waals surface area contributed by atoms with Gasteiger partial charge in [0.2, 0.25) is 5.95 Å². The molecule has 0 atom stereocenters. The summed E-state index contributed by atoms with van der Waals surface area (Å²) >= 11 is 0. The highest BCUT2D eigenvalue weighted by atomic mass is 16.5. The number of nitrogens with one attached hydrogen (secondary N) is 2. The van der Waals surface area contributed by atoms with Gasteiger partial charge in [0.25, 0.3) is 0 Å². The lowest BCUT2D eigenvalue weighted by Gasteiger charge is -2.27. The Morgan fingerprint density at radius 3 is 2.67 bits per heavy atom. The van der Waals surface area contributed by atoms with E-state index >= 15 is 0 Å². The molecule has 1 aliphatic heterocycles. The molecule has 1 aliphatic rings. The summed E-state index contributed by atoms with van der Waals surface area (Å²) in [5, 5.41) is 14.8. The average Bonchev–Trinajstić information content (AvgIpc) is 2.63. The summed E-state index contributed by atoms with van der Waals surface area (Å²) in [5.41, 5.74) is 0.737. The zero-order valence-corrected chi connectivity index (χ0v) is 13.2. The van der Waals surface area contributed by atoms with Gasteiger partial charge in [-0.05, 0) is 12.1 Å². The second kappa shape index (κ2) is 7.09. The van der Waals surface area contributed by atoms with Crippen molar-refractivity contribution in [3.8, 4) is 0 Å². The number of morpholine rings is 1. The number of carboxylic acids is 1. The van der Waals surface area contributed by atoms with Crippen molar-refractivity contribution in [3.05, 3.63) is 30.1 Å². The molecule has 0 bridgehead atoms. The van der Waals surface area contributed by atoms with E-state index in [0.717, 1.165) is 24.6 Å². The van der Waals surface area contributed by atoms with Crippen LogP contribution in [0.15, 0.2) is 24.5 Å². The van der Waals surface area contributed by atoms with Crippen molar-refractivity contribution in [1.29, 1.82) is 0 Å². The molecular weight excluding hydrogens is 312 g/mol. The lowest BCUT2D eigenvalue weighted by Crippen LogP contribution is -2.36. The third-order valence-corrected chi connectivity index (χ3v) is 3.60. The molecule has 2 aromatic heterocycles. The third-order valence-electron chi connectivity index (χ3n) is 3.60. The number of aromatic carboxylic acids is 1. The zero-order chi connectivity index (χ0) is 16.9. The Morgan fingerprint density at radius 2 is 2.04 bits per heavy atom. The minimum Gasteiger partial charge on any atom is -0.477 e. The first-order valence-electron chi connectivity index (χ1n) is 7.51. The van der Waals surface area contributed by atoms with Crippen LogP contribution >= 0.6 is 0 Å². The second-order valence-electron chi connectivity index (χ2n) is 5.14. The van der Waals surface area contributed by atoms with Gasteiger partial charge in [-0.25, -0.2) is 14.8 Å². The number of carboxylic acid groups (broad SMARTS) is 1. The summed E-state index contributed by atoms with van der Waals surface area (Å²) in [5.74, 6) is 0.354. The van der Waals surface area contributed by atoms with Gasteiger partial charge in [-0.2, -0.15) is 4.98 Å². The Labute approximate surface area is 138 Å². The SMILES string of the molecule is CNc1nc(Nc2ccc(N3CCOCC3)nc2)ncc1C(=O)O. The Bertz CT molecular complexity index is 716. The second-order valence-corrected chi connectivity index (χ2v) is 5.14. The van der Waals surface area contributed by atoms with Gasteiger partial charge in [0.1, 0.15) is 17.2 Å². The van der Waals surface area contributed by atoms with Crippen molar-refractivity contribution in [2.75, 3.05) is 48.9 Å². The molecule has 126 valence electrons. The van der Waals surface area contributed by atoms with E-state index in [-0.39, 0.29) is 11.4 Å². The minimum atomic E-state index is -1.08. The van der Waals surface area contributed by atoms with Crippen LogP contribution in [-0.2, 0) is 4.74 Å². The molecule has 0 amide bonds. The van der Waals surface area contributed by atoms with Gasteiger partial charge < -0.3 is 25.4 Å². The Balaban J connectivity index is 1.72. The Hall–Kier alpha value is -2.94. The van der Waals surface area contributed by atoms with E-state index in [2.05, 4.69) is 30.5 Å². The summed E-state index contributed by atoms with van der Waals surface area (Å²) < 4.78 is 5.33. The molecule has 1 fully saturated rings. The molecule has 0 spiro atoms. The van der Waals surface area contributed by atoms with Crippen LogP contribution < -0.4 is 15.5 Å². The highest BCUT2D eigenvalue weighted by Gasteiger charge is 2.14. The highest BCUT2D eigenvalue weighted by molar-refractivity contribution is 5.92. The molecule has 0 radical (unpaired) electrons. The maximum Gasteiger partial charge on any atom is 0.341 e. The summed E-state index contributed by atoms with van der Waals surface area (Å²) in [7, 11) is 1.61. The van der Waals surface area contributed by atoms with Gasteiger partial charge in [0.05, 0.1) is 25.1 Å². The van der Waals surface area contributed by atoms with Gasteiger partial charge in [-0.15, -0.1) is 0 Å². The standard InChI is InChI=1S/C15H18N6O3/c1-16-13-11(14(22)23)9-18-15(20-13)19-10-2-3-12(17-8-10)21-4-6-24-7-5-21/h2-3,8-9H,4-7H2,1H3,(H,22,23)(H2,16,18,19,20). The molecule has 24 heavy (non-hydrogen) atoms. The van der Waals surface area contributed by atoms with E-state index in [0.29, 0.717) is 19.2 Å². The van der Waals surface area contributed by atoms with Crippen LogP contribution in [0.2, 0.25) is 0 Å². The van der Waals surface area contributed by atoms with Crippen molar-refractivity contribution in [3.63, 3.8) is 0 Å². The molecule has 9 heteroatoms. The van der Waals surface area contributed by atoms with Crippen molar-refractivity contribution < 1.29 is 14.6 Å². The number of nitrogens with zero attached hydrogens (tertiary/aromatic N) is 4. The largest absolute Gasteiger partial charge is 0.477 e. The average molecular weight is 330 g/mol.